The summed E-state index contributed by atoms with van der Waals surface area (Å²) >= 11 is 8.61. The number of anilines is 1. The number of aryl methyl sites for hydroxylation is 1. The van der Waals surface area contributed by atoms with E-state index in [4.69, 9.17) is 11.6 Å². The number of hydrogen-bond acceptors (Lipinski definition) is 6. The van der Waals surface area contributed by atoms with Crippen LogP contribution < -0.4 is 5.32 Å². The highest BCUT2D eigenvalue weighted by molar-refractivity contribution is 7.98. The fourth-order valence-corrected chi connectivity index (χ4v) is 2.38. The number of halogens is 1. The minimum Gasteiger partial charge on any atom is -0.296 e. The fourth-order valence-electron chi connectivity index (χ4n) is 1.18. The quantitative estimate of drug-likeness (QED) is 0.697. The Morgan fingerprint density at radius 1 is 1.50 bits per heavy atom. The SMILES string of the molecule is CSc1ncc(Cl)c(C(=O)Nc2nc(C)cs2)n1. The third-order valence-electron chi connectivity index (χ3n) is 1.96. The number of amides is 1. The maximum Gasteiger partial charge on any atom is 0.277 e. The summed E-state index contributed by atoms with van der Waals surface area (Å²) in [4.78, 5) is 24.2. The van der Waals surface area contributed by atoms with Gasteiger partial charge < -0.3 is 0 Å². The molecule has 0 spiro atoms. The molecule has 0 aliphatic heterocycles. The molecule has 5 nitrogen and oxygen atoms in total. The van der Waals surface area contributed by atoms with Gasteiger partial charge in [-0.25, -0.2) is 15.0 Å². The van der Waals surface area contributed by atoms with E-state index in [1.165, 1.54) is 29.3 Å². The standard InChI is InChI=1S/C10H9ClN4OS2/c1-5-4-18-10(13-5)15-8(16)7-6(11)3-12-9(14-7)17-2/h3-4H,1-2H3,(H,13,15,16). The van der Waals surface area contributed by atoms with Gasteiger partial charge in [-0.05, 0) is 13.2 Å². The number of thiazole rings is 1. The Kier molecular flexibility index (Phi) is 4.15. The van der Waals surface area contributed by atoms with Crippen LogP contribution in [0.4, 0.5) is 5.13 Å². The molecule has 2 heterocycles. The smallest absolute Gasteiger partial charge is 0.277 e. The lowest BCUT2D eigenvalue weighted by Crippen LogP contribution is -2.15. The van der Waals surface area contributed by atoms with Gasteiger partial charge in [0.05, 0.1) is 16.9 Å². The average Bonchev–Trinajstić information content (AvgIpc) is 2.75. The number of rotatable bonds is 3. The molecular formula is C10H9ClN4OS2. The van der Waals surface area contributed by atoms with Crippen LogP contribution in [0.3, 0.4) is 0 Å². The first kappa shape index (κ1) is 13.3. The molecule has 1 amide bonds. The number of carbonyl (C=O) groups excluding carboxylic acids is 1. The molecule has 0 atom stereocenters. The number of thioether (sulfide) groups is 1. The molecule has 0 radical (unpaired) electrons. The summed E-state index contributed by atoms with van der Waals surface area (Å²) in [5.41, 5.74) is 1.01. The summed E-state index contributed by atoms with van der Waals surface area (Å²) in [5, 5.41) is 5.75. The molecule has 2 rings (SSSR count). The van der Waals surface area contributed by atoms with Crippen molar-refractivity contribution in [3.63, 3.8) is 0 Å². The van der Waals surface area contributed by atoms with E-state index in [9.17, 15) is 4.79 Å². The minimum atomic E-state index is -0.382. The Morgan fingerprint density at radius 3 is 2.89 bits per heavy atom. The van der Waals surface area contributed by atoms with Crippen LogP contribution in [0.2, 0.25) is 5.02 Å². The molecule has 0 fully saturated rings. The van der Waals surface area contributed by atoms with Crippen LogP contribution in [0.1, 0.15) is 16.2 Å². The van der Waals surface area contributed by atoms with E-state index in [1.807, 2.05) is 18.6 Å². The maximum atomic E-state index is 12.0. The Bertz CT molecular complexity index is 587. The van der Waals surface area contributed by atoms with E-state index >= 15 is 0 Å². The van der Waals surface area contributed by atoms with E-state index in [2.05, 4.69) is 20.3 Å². The second kappa shape index (κ2) is 5.64. The van der Waals surface area contributed by atoms with Crippen LogP contribution in [0.5, 0.6) is 0 Å². The van der Waals surface area contributed by atoms with Crippen molar-refractivity contribution in [1.82, 2.24) is 15.0 Å². The molecule has 2 aromatic rings. The largest absolute Gasteiger partial charge is 0.296 e. The predicted molar refractivity (Wildman–Crippen MR) is 73.6 cm³/mol. The second-order valence-electron chi connectivity index (χ2n) is 3.30. The van der Waals surface area contributed by atoms with Gasteiger partial charge in [0.1, 0.15) is 0 Å². The van der Waals surface area contributed by atoms with Gasteiger partial charge in [-0.1, -0.05) is 23.4 Å². The Labute approximate surface area is 117 Å². The summed E-state index contributed by atoms with van der Waals surface area (Å²) in [5.74, 6) is -0.382. The molecule has 0 saturated carbocycles. The highest BCUT2D eigenvalue weighted by atomic mass is 35.5. The van der Waals surface area contributed by atoms with Gasteiger partial charge in [-0.2, -0.15) is 0 Å². The molecule has 8 heteroatoms. The lowest BCUT2D eigenvalue weighted by atomic mass is 10.4. The van der Waals surface area contributed by atoms with Crippen LogP contribution in [-0.4, -0.2) is 27.1 Å². The zero-order valence-corrected chi connectivity index (χ0v) is 12.0. The molecule has 0 aromatic carbocycles. The van der Waals surface area contributed by atoms with Gasteiger partial charge in [-0.15, -0.1) is 11.3 Å². The third kappa shape index (κ3) is 2.98. The highest BCUT2D eigenvalue weighted by Gasteiger charge is 2.15. The predicted octanol–water partition coefficient (Wildman–Crippen LogP) is 2.87. The normalized spacial score (nSPS) is 10.4. The molecule has 1 N–H and O–H groups in total. The first-order valence-corrected chi connectivity index (χ1v) is 7.38. The molecule has 2 aromatic heterocycles. The van der Waals surface area contributed by atoms with Crippen molar-refractivity contribution in [2.75, 3.05) is 11.6 Å². The molecule has 18 heavy (non-hydrogen) atoms. The van der Waals surface area contributed by atoms with E-state index < -0.39 is 0 Å². The summed E-state index contributed by atoms with van der Waals surface area (Å²) < 4.78 is 0. The van der Waals surface area contributed by atoms with Gasteiger partial charge in [0.15, 0.2) is 16.0 Å². The Hall–Kier alpha value is -1.18. The van der Waals surface area contributed by atoms with Gasteiger partial charge in [0, 0.05) is 5.38 Å². The molecule has 94 valence electrons. The number of nitrogens with one attached hydrogen (secondary N) is 1. The molecule has 0 aliphatic rings. The second-order valence-corrected chi connectivity index (χ2v) is 5.34. The molecular weight excluding hydrogens is 292 g/mol. The number of hydrogen-bond donors (Lipinski definition) is 1. The van der Waals surface area contributed by atoms with Crippen molar-refractivity contribution in [2.45, 2.75) is 12.1 Å². The first-order chi connectivity index (χ1) is 8.60. The van der Waals surface area contributed by atoms with Crippen molar-refractivity contribution >= 4 is 45.7 Å². The fraction of sp³-hybridized carbons (Fsp3) is 0.200. The molecule has 0 saturated heterocycles. The highest BCUT2D eigenvalue weighted by Crippen LogP contribution is 2.19. The number of aromatic nitrogens is 3. The van der Waals surface area contributed by atoms with Crippen molar-refractivity contribution in [1.29, 1.82) is 0 Å². The van der Waals surface area contributed by atoms with Gasteiger partial charge >= 0.3 is 0 Å². The van der Waals surface area contributed by atoms with Crippen LogP contribution in [-0.2, 0) is 0 Å². The first-order valence-electron chi connectivity index (χ1n) is 4.90. The van der Waals surface area contributed by atoms with Gasteiger partial charge in [-0.3, -0.25) is 10.1 Å². The Balaban J connectivity index is 2.23. The van der Waals surface area contributed by atoms with Crippen molar-refractivity contribution in [3.05, 3.63) is 28.0 Å². The number of carbonyl (C=O) groups is 1. The van der Waals surface area contributed by atoms with Crippen molar-refractivity contribution in [2.24, 2.45) is 0 Å². The monoisotopic (exact) mass is 300 g/mol. The number of nitrogens with zero attached hydrogens (tertiary/aromatic N) is 3. The van der Waals surface area contributed by atoms with E-state index in [1.54, 1.807) is 0 Å². The van der Waals surface area contributed by atoms with Crippen molar-refractivity contribution < 1.29 is 4.79 Å². The molecule has 0 unspecified atom stereocenters. The van der Waals surface area contributed by atoms with E-state index in [0.717, 1.165) is 5.69 Å². The van der Waals surface area contributed by atoms with Gasteiger partial charge in [0.2, 0.25) is 0 Å². The van der Waals surface area contributed by atoms with Crippen LogP contribution in [0.25, 0.3) is 0 Å². The van der Waals surface area contributed by atoms with E-state index in [0.29, 0.717) is 10.3 Å². The Morgan fingerprint density at radius 2 is 2.28 bits per heavy atom. The third-order valence-corrected chi connectivity index (χ3v) is 3.67. The summed E-state index contributed by atoms with van der Waals surface area (Å²) in [6.45, 7) is 1.86. The van der Waals surface area contributed by atoms with Crippen LogP contribution in [0, 0.1) is 6.92 Å². The minimum absolute atomic E-state index is 0.156. The lowest BCUT2D eigenvalue weighted by Gasteiger charge is -2.04. The summed E-state index contributed by atoms with van der Waals surface area (Å²) in [6, 6.07) is 0. The van der Waals surface area contributed by atoms with E-state index in [-0.39, 0.29) is 16.6 Å². The zero-order valence-electron chi connectivity index (χ0n) is 9.60. The van der Waals surface area contributed by atoms with Gasteiger partial charge in [0.25, 0.3) is 5.91 Å². The van der Waals surface area contributed by atoms with Crippen molar-refractivity contribution in [3.8, 4) is 0 Å². The summed E-state index contributed by atoms with van der Waals surface area (Å²) in [7, 11) is 0. The van der Waals surface area contributed by atoms with Crippen LogP contribution >= 0.6 is 34.7 Å². The average molecular weight is 301 g/mol. The van der Waals surface area contributed by atoms with Crippen LogP contribution in [0.15, 0.2) is 16.7 Å². The summed E-state index contributed by atoms with van der Waals surface area (Å²) in [6.07, 6.45) is 3.25. The molecule has 0 bridgehead atoms. The zero-order chi connectivity index (χ0) is 13.1. The topological polar surface area (TPSA) is 67.8 Å². The lowest BCUT2D eigenvalue weighted by molar-refractivity contribution is 0.102. The molecule has 0 aliphatic carbocycles. The maximum absolute atomic E-state index is 12.0.